The molecule has 1 aliphatic rings. The van der Waals surface area contributed by atoms with Crippen LogP contribution < -0.4 is 10.9 Å². The summed E-state index contributed by atoms with van der Waals surface area (Å²) in [6.07, 6.45) is 1.94. The minimum absolute atomic E-state index is 0.00792. The number of nitrogens with one attached hydrogen (secondary N) is 1. The van der Waals surface area contributed by atoms with Crippen molar-refractivity contribution in [1.29, 1.82) is 0 Å². The van der Waals surface area contributed by atoms with E-state index in [4.69, 9.17) is 21.3 Å². The largest absolute Gasteiger partial charge is 0.376 e. The van der Waals surface area contributed by atoms with Gasteiger partial charge in [0, 0.05) is 29.5 Å². The number of benzene rings is 2. The summed E-state index contributed by atoms with van der Waals surface area (Å²) in [6.45, 7) is 5.87. The van der Waals surface area contributed by atoms with E-state index >= 15 is 0 Å². The lowest BCUT2D eigenvalue weighted by Gasteiger charge is -2.17. The third kappa shape index (κ3) is 5.96. The highest BCUT2D eigenvalue weighted by Gasteiger charge is 2.21. The standard InChI is InChI=1S/C25H28ClN3O3S/c1-16(2)13-27-23(30)18-8-9-21-22(12-18)28-25(33-15-17-5-3-6-19(26)11-17)29(24(21)31)14-20-7-4-10-32-20/h3,5-6,8-9,11-12,16,20H,4,7,10,13-15H2,1-2H3,(H,27,30)/t20-/m0/s1. The SMILES string of the molecule is CC(C)CNC(=O)c1ccc2c(=O)n(C[C@@H]3CCCO3)c(SCc3cccc(Cl)c3)nc2c1. The molecule has 33 heavy (non-hydrogen) atoms. The summed E-state index contributed by atoms with van der Waals surface area (Å²) in [5, 5.41) is 4.71. The minimum atomic E-state index is -0.163. The summed E-state index contributed by atoms with van der Waals surface area (Å²) in [7, 11) is 0. The van der Waals surface area contributed by atoms with Gasteiger partial charge < -0.3 is 10.1 Å². The van der Waals surface area contributed by atoms with Crippen molar-refractivity contribution in [3.05, 3.63) is 69.0 Å². The van der Waals surface area contributed by atoms with Crippen LogP contribution in [0.25, 0.3) is 10.9 Å². The zero-order valence-corrected chi connectivity index (χ0v) is 20.4. The van der Waals surface area contributed by atoms with Crippen LogP contribution in [-0.4, -0.2) is 34.7 Å². The van der Waals surface area contributed by atoms with Crippen molar-refractivity contribution >= 4 is 40.2 Å². The first-order valence-electron chi connectivity index (χ1n) is 11.2. The molecule has 1 amide bonds. The third-order valence-electron chi connectivity index (χ3n) is 5.52. The fraction of sp³-hybridized carbons (Fsp3) is 0.400. The molecule has 1 fully saturated rings. The lowest BCUT2D eigenvalue weighted by atomic mass is 10.1. The first-order chi connectivity index (χ1) is 15.9. The van der Waals surface area contributed by atoms with Gasteiger partial charge in [-0.05, 0) is 54.7 Å². The van der Waals surface area contributed by atoms with Crippen LogP contribution in [0.5, 0.6) is 0 Å². The van der Waals surface area contributed by atoms with Gasteiger partial charge in [0.05, 0.1) is 23.6 Å². The van der Waals surface area contributed by atoms with Crippen LogP contribution in [0.3, 0.4) is 0 Å². The Hall–Kier alpha value is -2.35. The summed E-state index contributed by atoms with van der Waals surface area (Å²) in [5.74, 6) is 0.814. The average molecular weight is 486 g/mol. The van der Waals surface area contributed by atoms with E-state index in [-0.39, 0.29) is 17.6 Å². The lowest BCUT2D eigenvalue weighted by molar-refractivity contribution is 0.0937. The number of carbonyl (C=O) groups excluding carboxylic acids is 1. The average Bonchev–Trinajstić information content (AvgIpc) is 3.31. The molecule has 2 heterocycles. The van der Waals surface area contributed by atoms with Crippen molar-refractivity contribution in [2.45, 2.75) is 50.2 Å². The van der Waals surface area contributed by atoms with Crippen LogP contribution in [0, 0.1) is 5.92 Å². The lowest BCUT2D eigenvalue weighted by Crippen LogP contribution is -2.29. The van der Waals surface area contributed by atoms with E-state index in [9.17, 15) is 9.59 Å². The Morgan fingerprint density at radius 2 is 2.15 bits per heavy atom. The number of thioether (sulfide) groups is 1. The van der Waals surface area contributed by atoms with Gasteiger partial charge in [0.25, 0.3) is 11.5 Å². The zero-order chi connectivity index (χ0) is 23.4. The number of ether oxygens (including phenoxy) is 1. The summed E-state index contributed by atoms with van der Waals surface area (Å²) in [5.41, 5.74) is 1.96. The number of aromatic nitrogens is 2. The van der Waals surface area contributed by atoms with E-state index in [0.29, 0.717) is 51.4 Å². The number of fused-ring (bicyclic) bond motifs is 1. The number of hydrogen-bond acceptors (Lipinski definition) is 5. The topological polar surface area (TPSA) is 73.2 Å². The minimum Gasteiger partial charge on any atom is -0.376 e. The Morgan fingerprint density at radius 1 is 1.30 bits per heavy atom. The van der Waals surface area contributed by atoms with Crippen molar-refractivity contribution in [3.63, 3.8) is 0 Å². The Labute approximate surface area is 202 Å². The second-order valence-corrected chi connectivity index (χ2v) is 10.1. The maximum atomic E-state index is 13.4. The maximum absolute atomic E-state index is 13.4. The molecule has 4 rings (SSSR count). The van der Waals surface area contributed by atoms with Crippen LogP contribution in [-0.2, 0) is 17.0 Å². The third-order valence-corrected chi connectivity index (χ3v) is 6.80. The van der Waals surface area contributed by atoms with Gasteiger partial charge in [0.1, 0.15) is 0 Å². The van der Waals surface area contributed by atoms with E-state index in [0.717, 1.165) is 25.0 Å². The number of rotatable bonds is 8. The van der Waals surface area contributed by atoms with E-state index in [1.54, 1.807) is 22.8 Å². The molecule has 6 nitrogen and oxygen atoms in total. The van der Waals surface area contributed by atoms with Crippen molar-refractivity contribution < 1.29 is 9.53 Å². The molecule has 0 bridgehead atoms. The molecule has 8 heteroatoms. The van der Waals surface area contributed by atoms with E-state index < -0.39 is 0 Å². The number of amides is 1. The summed E-state index contributed by atoms with van der Waals surface area (Å²) in [6, 6.07) is 12.8. The monoisotopic (exact) mass is 485 g/mol. The predicted octanol–water partition coefficient (Wildman–Crippen LogP) is 4.91. The molecule has 1 atom stereocenters. The molecule has 1 N–H and O–H groups in total. The first kappa shape index (κ1) is 23.8. The number of halogens is 1. The van der Waals surface area contributed by atoms with E-state index in [1.807, 2.05) is 38.1 Å². The number of carbonyl (C=O) groups is 1. The van der Waals surface area contributed by atoms with Gasteiger partial charge in [0.15, 0.2) is 5.16 Å². The van der Waals surface area contributed by atoms with Gasteiger partial charge in [-0.2, -0.15) is 0 Å². The molecule has 1 aromatic heterocycles. The molecule has 1 saturated heterocycles. The van der Waals surface area contributed by atoms with E-state index in [2.05, 4.69) is 5.32 Å². The molecule has 2 aromatic carbocycles. The first-order valence-corrected chi connectivity index (χ1v) is 12.6. The second kappa shape index (κ2) is 10.7. The number of nitrogens with zero attached hydrogens (tertiary/aromatic N) is 2. The van der Waals surface area contributed by atoms with Crippen molar-refractivity contribution in [2.24, 2.45) is 5.92 Å². The molecule has 1 aliphatic heterocycles. The quantitative estimate of drug-likeness (QED) is 0.362. The fourth-order valence-electron chi connectivity index (χ4n) is 3.78. The predicted molar refractivity (Wildman–Crippen MR) is 133 cm³/mol. The highest BCUT2D eigenvalue weighted by molar-refractivity contribution is 7.98. The zero-order valence-electron chi connectivity index (χ0n) is 18.8. The summed E-state index contributed by atoms with van der Waals surface area (Å²) in [4.78, 5) is 30.8. The normalized spacial score (nSPS) is 15.9. The van der Waals surface area contributed by atoms with Crippen LogP contribution in [0.1, 0.15) is 42.6 Å². The van der Waals surface area contributed by atoms with Gasteiger partial charge in [-0.25, -0.2) is 4.98 Å². The molecule has 0 saturated carbocycles. The van der Waals surface area contributed by atoms with Crippen LogP contribution in [0.4, 0.5) is 0 Å². The smallest absolute Gasteiger partial charge is 0.262 e. The highest BCUT2D eigenvalue weighted by atomic mass is 35.5. The van der Waals surface area contributed by atoms with Gasteiger partial charge in [-0.15, -0.1) is 0 Å². The molecule has 0 unspecified atom stereocenters. The molecule has 3 aromatic rings. The molecule has 0 spiro atoms. The fourth-order valence-corrected chi connectivity index (χ4v) is 4.94. The van der Waals surface area contributed by atoms with Crippen molar-refractivity contribution in [3.8, 4) is 0 Å². The Kier molecular flexibility index (Phi) is 7.73. The van der Waals surface area contributed by atoms with Gasteiger partial charge in [-0.3, -0.25) is 14.2 Å². The summed E-state index contributed by atoms with van der Waals surface area (Å²) >= 11 is 7.62. The maximum Gasteiger partial charge on any atom is 0.262 e. The Balaban J connectivity index is 1.68. The van der Waals surface area contributed by atoms with E-state index in [1.165, 1.54) is 11.8 Å². The highest BCUT2D eigenvalue weighted by Crippen LogP contribution is 2.25. The van der Waals surface area contributed by atoms with Gasteiger partial charge >= 0.3 is 0 Å². The summed E-state index contributed by atoms with van der Waals surface area (Å²) < 4.78 is 7.50. The van der Waals surface area contributed by atoms with Crippen molar-refractivity contribution in [1.82, 2.24) is 14.9 Å². The van der Waals surface area contributed by atoms with Gasteiger partial charge in [-0.1, -0.05) is 49.3 Å². The van der Waals surface area contributed by atoms with Gasteiger partial charge in [0.2, 0.25) is 0 Å². The Bertz CT molecular complexity index is 1210. The molecular weight excluding hydrogens is 458 g/mol. The van der Waals surface area contributed by atoms with Crippen LogP contribution in [0.15, 0.2) is 52.4 Å². The molecule has 0 radical (unpaired) electrons. The Morgan fingerprint density at radius 3 is 2.88 bits per heavy atom. The molecule has 0 aliphatic carbocycles. The van der Waals surface area contributed by atoms with Crippen LogP contribution >= 0.6 is 23.4 Å². The van der Waals surface area contributed by atoms with Crippen molar-refractivity contribution in [2.75, 3.05) is 13.2 Å². The number of hydrogen-bond donors (Lipinski definition) is 1. The second-order valence-electron chi connectivity index (χ2n) is 8.70. The van der Waals surface area contributed by atoms with Crippen LogP contribution in [0.2, 0.25) is 5.02 Å². The molecule has 174 valence electrons. The molecular formula is C25H28ClN3O3S.